The Bertz CT molecular complexity index is 456. The molecule has 1 aromatic rings. The van der Waals surface area contributed by atoms with Gasteiger partial charge in [0, 0.05) is 39.3 Å². The number of carbonyl (C=O) groups is 1. The molecular weight excluding hydrogens is 226 g/mol. The molecule has 4 heteroatoms. The number of hydrogen-bond donors (Lipinski definition) is 0. The van der Waals surface area contributed by atoms with Gasteiger partial charge in [-0.1, -0.05) is 6.92 Å². The maximum atomic E-state index is 12.1. The number of ketones is 1. The number of aryl methyl sites for hydroxylation is 1. The second-order valence-corrected chi connectivity index (χ2v) is 5.11. The predicted molar refractivity (Wildman–Crippen MR) is 71.5 cm³/mol. The summed E-state index contributed by atoms with van der Waals surface area (Å²) in [5.41, 5.74) is 0.719. The standard InChI is InChI=1S/C14H21N3O/c1-4-14-15-9-12(13(18)7-8-16(2)3)17(14)10-11-5-6-11/h7-9,11H,4-6,10H2,1-3H3/b8-7+. The van der Waals surface area contributed by atoms with Gasteiger partial charge in [0.25, 0.3) is 0 Å². The third kappa shape index (κ3) is 3.00. The van der Waals surface area contributed by atoms with E-state index in [9.17, 15) is 4.79 Å². The molecule has 1 saturated carbocycles. The van der Waals surface area contributed by atoms with Crippen LogP contribution in [0.5, 0.6) is 0 Å². The molecule has 0 aliphatic heterocycles. The van der Waals surface area contributed by atoms with Crippen LogP contribution in [0.15, 0.2) is 18.5 Å². The van der Waals surface area contributed by atoms with Gasteiger partial charge in [0.15, 0.2) is 0 Å². The Morgan fingerprint density at radius 1 is 1.56 bits per heavy atom. The second kappa shape index (κ2) is 5.38. The highest BCUT2D eigenvalue weighted by Gasteiger charge is 2.25. The lowest BCUT2D eigenvalue weighted by Crippen LogP contribution is -2.12. The molecule has 2 rings (SSSR count). The molecular formula is C14H21N3O. The van der Waals surface area contributed by atoms with Gasteiger partial charge in [0.1, 0.15) is 11.5 Å². The Kier molecular flexibility index (Phi) is 3.84. The van der Waals surface area contributed by atoms with Crippen molar-refractivity contribution in [2.24, 2.45) is 5.92 Å². The highest BCUT2D eigenvalue weighted by atomic mass is 16.1. The summed E-state index contributed by atoms with van der Waals surface area (Å²) < 4.78 is 2.10. The van der Waals surface area contributed by atoms with Gasteiger partial charge in [-0.15, -0.1) is 0 Å². The van der Waals surface area contributed by atoms with Crippen molar-refractivity contribution < 1.29 is 4.79 Å². The van der Waals surface area contributed by atoms with Crippen molar-refractivity contribution in [2.45, 2.75) is 32.7 Å². The summed E-state index contributed by atoms with van der Waals surface area (Å²) >= 11 is 0. The van der Waals surface area contributed by atoms with E-state index in [1.54, 1.807) is 18.5 Å². The molecule has 0 atom stereocenters. The molecule has 0 spiro atoms. The SMILES string of the molecule is CCc1ncc(C(=O)/C=C/N(C)C)n1CC1CC1. The maximum Gasteiger partial charge on any atom is 0.205 e. The van der Waals surface area contributed by atoms with Crippen LogP contribution in [0.2, 0.25) is 0 Å². The Balaban J connectivity index is 2.20. The number of nitrogens with zero attached hydrogens (tertiary/aromatic N) is 3. The number of imidazole rings is 1. The zero-order valence-electron chi connectivity index (χ0n) is 11.4. The first-order valence-electron chi connectivity index (χ1n) is 6.55. The fourth-order valence-corrected chi connectivity index (χ4v) is 1.96. The van der Waals surface area contributed by atoms with Gasteiger partial charge < -0.3 is 9.47 Å². The molecule has 0 unspecified atom stereocenters. The monoisotopic (exact) mass is 247 g/mol. The molecule has 0 amide bonds. The quantitative estimate of drug-likeness (QED) is 0.571. The fraction of sp³-hybridized carbons (Fsp3) is 0.571. The van der Waals surface area contributed by atoms with Crippen molar-refractivity contribution in [3.8, 4) is 0 Å². The van der Waals surface area contributed by atoms with Gasteiger partial charge in [0.2, 0.25) is 5.78 Å². The maximum absolute atomic E-state index is 12.1. The molecule has 1 fully saturated rings. The van der Waals surface area contributed by atoms with Crippen molar-refractivity contribution in [1.82, 2.24) is 14.5 Å². The third-order valence-electron chi connectivity index (χ3n) is 3.17. The van der Waals surface area contributed by atoms with E-state index in [4.69, 9.17) is 0 Å². The molecule has 1 heterocycles. The van der Waals surface area contributed by atoms with Crippen LogP contribution in [0.1, 0.15) is 36.1 Å². The van der Waals surface area contributed by atoms with Gasteiger partial charge in [-0.05, 0) is 18.8 Å². The molecule has 18 heavy (non-hydrogen) atoms. The normalized spacial score (nSPS) is 15.3. The van der Waals surface area contributed by atoms with Crippen LogP contribution < -0.4 is 0 Å². The summed E-state index contributed by atoms with van der Waals surface area (Å²) in [6, 6.07) is 0. The average Bonchev–Trinajstić information content (AvgIpc) is 3.05. The van der Waals surface area contributed by atoms with Gasteiger partial charge in [0.05, 0.1) is 6.20 Å². The molecule has 4 nitrogen and oxygen atoms in total. The van der Waals surface area contributed by atoms with Gasteiger partial charge in [-0.25, -0.2) is 4.98 Å². The minimum Gasteiger partial charge on any atom is -0.383 e. The smallest absolute Gasteiger partial charge is 0.205 e. The molecule has 1 aromatic heterocycles. The van der Waals surface area contributed by atoms with E-state index in [0.29, 0.717) is 0 Å². The number of hydrogen-bond acceptors (Lipinski definition) is 3. The van der Waals surface area contributed by atoms with Crippen molar-refractivity contribution in [3.05, 3.63) is 30.0 Å². The van der Waals surface area contributed by atoms with Crippen LogP contribution in [-0.4, -0.2) is 34.3 Å². The van der Waals surface area contributed by atoms with Crippen LogP contribution in [0, 0.1) is 5.92 Å². The minimum atomic E-state index is 0.0385. The van der Waals surface area contributed by atoms with Gasteiger partial charge >= 0.3 is 0 Å². The summed E-state index contributed by atoms with van der Waals surface area (Å²) in [5.74, 6) is 1.80. The van der Waals surface area contributed by atoms with Crippen molar-refractivity contribution in [2.75, 3.05) is 14.1 Å². The molecule has 0 saturated heterocycles. The summed E-state index contributed by atoms with van der Waals surface area (Å²) in [6.45, 7) is 3.02. The van der Waals surface area contributed by atoms with Crippen LogP contribution in [0.4, 0.5) is 0 Å². The van der Waals surface area contributed by atoms with Crippen LogP contribution in [0.3, 0.4) is 0 Å². The van der Waals surface area contributed by atoms with Crippen molar-refractivity contribution >= 4 is 5.78 Å². The fourth-order valence-electron chi connectivity index (χ4n) is 1.96. The second-order valence-electron chi connectivity index (χ2n) is 5.11. The summed E-state index contributed by atoms with van der Waals surface area (Å²) in [5, 5.41) is 0. The minimum absolute atomic E-state index is 0.0385. The van der Waals surface area contributed by atoms with E-state index in [2.05, 4.69) is 16.5 Å². The average molecular weight is 247 g/mol. The molecule has 0 bridgehead atoms. The van der Waals surface area contributed by atoms with E-state index >= 15 is 0 Å². The lowest BCUT2D eigenvalue weighted by Gasteiger charge is -2.09. The Hall–Kier alpha value is -1.58. The van der Waals surface area contributed by atoms with Gasteiger partial charge in [-0.3, -0.25) is 4.79 Å². The Morgan fingerprint density at radius 3 is 2.83 bits per heavy atom. The predicted octanol–water partition coefficient (Wildman–Crippen LogP) is 2.11. The molecule has 0 aromatic carbocycles. The lowest BCUT2D eigenvalue weighted by molar-refractivity contribution is 0.103. The van der Waals surface area contributed by atoms with E-state index < -0.39 is 0 Å². The van der Waals surface area contributed by atoms with Gasteiger partial charge in [-0.2, -0.15) is 0 Å². The van der Waals surface area contributed by atoms with E-state index in [0.717, 1.165) is 30.4 Å². The summed E-state index contributed by atoms with van der Waals surface area (Å²) in [7, 11) is 3.81. The zero-order valence-corrected chi connectivity index (χ0v) is 11.4. The number of rotatable bonds is 6. The van der Waals surface area contributed by atoms with Crippen molar-refractivity contribution in [1.29, 1.82) is 0 Å². The Labute approximate surface area is 108 Å². The molecule has 1 aliphatic carbocycles. The van der Waals surface area contributed by atoms with Crippen LogP contribution in [0.25, 0.3) is 0 Å². The number of carbonyl (C=O) groups excluding carboxylic acids is 1. The highest BCUT2D eigenvalue weighted by molar-refractivity contribution is 6.03. The number of allylic oxidation sites excluding steroid dienone is 1. The third-order valence-corrected chi connectivity index (χ3v) is 3.17. The molecule has 0 N–H and O–H groups in total. The van der Waals surface area contributed by atoms with Crippen LogP contribution in [-0.2, 0) is 13.0 Å². The lowest BCUT2D eigenvalue weighted by atomic mass is 10.2. The summed E-state index contributed by atoms with van der Waals surface area (Å²) in [4.78, 5) is 18.3. The van der Waals surface area contributed by atoms with Crippen LogP contribution >= 0.6 is 0 Å². The molecule has 1 aliphatic rings. The highest BCUT2D eigenvalue weighted by Crippen LogP contribution is 2.31. The topological polar surface area (TPSA) is 38.1 Å². The molecule has 98 valence electrons. The van der Waals surface area contributed by atoms with E-state index in [1.165, 1.54) is 12.8 Å². The van der Waals surface area contributed by atoms with Crippen molar-refractivity contribution in [3.63, 3.8) is 0 Å². The molecule has 0 radical (unpaired) electrons. The largest absolute Gasteiger partial charge is 0.383 e. The van der Waals surface area contributed by atoms with E-state index in [1.807, 2.05) is 19.0 Å². The van der Waals surface area contributed by atoms with E-state index in [-0.39, 0.29) is 5.78 Å². The summed E-state index contributed by atoms with van der Waals surface area (Å²) in [6.07, 6.45) is 8.54. The first-order chi connectivity index (χ1) is 8.61. The first-order valence-corrected chi connectivity index (χ1v) is 6.55. The number of aromatic nitrogens is 2. The zero-order chi connectivity index (χ0) is 13.1. The Morgan fingerprint density at radius 2 is 2.28 bits per heavy atom. The first kappa shape index (κ1) is 12.9.